The molecule has 0 radical (unpaired) electrons. The van der Waals surface area contributed by atoms with Crippen LogP contribution in [-0.4, -0.2) is 82.5 Å². The van der Waals surface area contributed by atoms with Crippen molar-refractivity contribution in [1.29, 1.82) is 0 Å². The van der Waals surface area contributed by atoms with Crippen molar-refractivity contribution < 1.29 is 9.59 Å². The molecule has 1 aromatic carbocycles. The number of likely N-dealkylation sites (N-methyl/N-ethyl adjacent to an activating group) is 1. The topological polar surface area (TPSA) is 71.5 Å². The quantitative estimate of drug-likeness (QED) is 0.743. The molecule has 3 unspecified atom stereocenters. The van der Waals surface area contributed by atoms with Gasteiger partial charge in [0.15, 0.2) is 6.29 Å². The largest absolute Gasteiger partial charge is 0.327 e. The first-order valence-electron chi connectivity index (χ1n) is 11.1. The molecule has 3 aliphatic heterocycles. The molecular formula is C22H32N6O2. The van der Waals surface area contributed by atoms with Gasteiger partial charge in [-0.25, -0.2) is 9.69 Å². The number of imide groups is 1. The first kappa shape index (κ1) is 20.8. The average Bonchev–Trinajstić information content (AvgIpc) is 3.16. The lowest BCUT2D eigenvalue weighted by molar-refractivity contribution is -0.139. The van der Waals surface area contributed by atoms with Crippen LogP contribution < -0.4 is 5.32 Å². The number of carbonyl (C=O) groups is 2. The molecule has 1 aromatic rings. The highest BCUT2D eigenvalue weighted by Crippen LogP contribution is 2.31. The Labute approximate surface area is 178 Å². The number of nitrogens with one attached hydrogen (secondary N) is 1. The van der Waals surface area contributed by atoms with Crippen molar-refractivity contribution in [2.24, 2.45) is 5.10 Å². The van der Waals surface area contributed by atoms with Crippen LogP contribution in [0.3, 0.4) is 0 Å². The van der Waals surface area contributed by atoms with E-state index in [1.54, 1.807) is 11.9 Å². The highest BCUT2D eigenvalue weighted by Gasteiger charge is 2.56. The second kappa shape index (κ2) is 8.73. The number of carbonyl (C=O) groups excluding carboxylic acids is 2. The van der Waals surface area contributed by atoms with Gasteiger partial charge in [-0.3, -0.25) is 20.0 Å². The van der Waals surface area contributed by atoms with Crippen LogP contribution in [0.2, 0.25) is 0 Å². The van der Waals surface area contributed by atoms with Gasteiger partial charge in [-0.2, -0.15) is 5.10 Å². The lowest BCUT2D eigenvalue weighted by Gasteiger charge is -2.42. The van der Waals surface area contributed by atoms with Gasteiger partial charge >= 0.3 is 6.03 Å². The van der Waals surface area contributed by atoms with Crippen LogP contribution in [-0.2, 0) is 4.79 Å². The molecule has 0 aromatic heterocycles. The van der Waals surface area contributed by atoms with Gasteiger partial charge in [0.25, 0.3) is 5.91 Å². The summed E-state index contributed by atoms with van der Waals surface area (Å²) in [7, 11) is 1.78. The monoisotopic (exact) mass is 412 g/mol. The molecule has 3 amide bonds. The number of urea groups is 1. The number of hydrogen-bond donors (Lipinski definition) is 1. The smallest absolute Gasteiger partial charge is 0.310 e. The number of fused-ring (bicyclic) bond motifs is 3. The number of unbranched alkanes of at least 4 members (excludes halogenated alkanes) is 2. The molecule has 2 fully saturated rings. The summed E-state index contributed by atoms with van der Waals surface area (Å²) in [5.74, 6) is -0.101. The van der Waals surface area contributed by atoms with Gasteiger partial charge in [0, 0.05) is 26.7 Å². The Bertz CT molecular complexity index is 813. The Morgan fingerprint density at radius 3 is 2.47 bits per heavy atom. The van der Waals surface area contributed by atoms with Crippen LogP contribution in [0.1, 0.15) is 45.1 Å². The van der Waals surface area contributed by atoms with Crippen LogP contribution in [0.25, 0.3) is 0 Å². The van der Waals surface area contributed by atoms with Crippen molar-refractivity contribution in [3.05, 3.63) is 35.9 Å². The van der Waals surface area contributed by atoms with E-state index in [-0.39, 0.29) is 24.4 Å². The fourth-order valence-corrected chi connectivity index (χ4v) is 4.49. The molecule has 1 N–H and O–H groups in total. The second-order valence-corrected chi connectivity index (χ2v) is 8.27. The summed E-state index contributed by atoms with van der Waals surface area (Å²) < 4.78 is 0. The van der Waals surface area contributed by atoms with E-state index in [9.17, 15) is 9.59 Å². The number of benzene rings is 1. The van der Waals surface area contributed by atoms with Gasteiger partial charge in [-0.1, -0.05) is 57.0 Å². The van der Waals surface area contributed by atoms with E-state index < -0.39 is 6.04 Å². The lowest BCUT2D eigenvalue weighted by atomic mass is 10.1. The third-order valence-corrected chi connectivity index (χ3v) is 6.21. The molecule has 0 bridgehead atoms. The van der Waals surface area contributed by atoms with Gasteiger partial charge in [-0.05, 0) is 18.4 Å². The Morgan fingerprint density at radius 1 is 1.07 bits per heavy atom. The lowest BCUT2D eigenvalue weighted by Crippen LogP contribution is -2.66. The molecule has 8 nitrogen and oxygen atoms in total. The number of hydrazone groups is 1. The van der Waals surface area contributed by atoms with Gasteiger partial charge in [0.2, 0.25) is 0 Å². The predicted molar refractivity (Wildman–Crippen MR) is 116 cm³/mol. The summed E-state index contributed by atoms with van der Waals surface area (Å²) in [5.41, 5.74) is 2.02. The molecule has 30 heavy (non-hydrogen) atoms. The van der Waals surface area contributed by atoms with Crippen LogP contribution in [0.15, 0.2) is 35.4 Å². The number of amides is 3. The maximum Gasteiger partial charge on any atom is 0.327 e. The zero-order valence-corrected chi connectivity index (χ0v) is 18.1. The summed E-state index contributed by atoms with van der Waals surface area (Å²) >= 11 is 0. The summed E-state index contributed by atoms with van der Waals surface area (Å²) in [5, 5.41) is 10.5. The minimum Gasteiger partial charge on any atom is -0.310 e. The first-order chi connectivity index (χ1) is 14.6. The van der Waals surface area contributed by atoms with Gasteiger partial charge in [0.1, 0.15) is 12.2 Å². The standard InChI is InChI=1S/C22H32N6O2/c1-4-6-13-26-20(29)18-19(25(3)22(26)30)23-21-27(18)15-17(16-11-9-8-10-12-16)24-28(21)14-7-5-2/h8-12,18-19,21,23H,4-7,13-15H2,1-3H3. The highest BCUT2D eigenvalue weighted by molar-refractivity contribution is 6.04. The Morgan fingerprint density at radius 2 is 1.77 bits per heavy atom. The molecule has 0 aliphatic carbocycles. The molecule has 8 heteroatoms. The normalized spacial score (nSPS) is 26.7. The molecule has 0 saturated carbocycles. The molecule has 0 spiro atoms. The number of hydrogen-bond acceptors (Lipinski definition) is 6. The highest BCUT2D eigenvalue weighted by atomic mass is 16.2. The molecule has 2 saturated heterocycles. The molecule has 3 heterocycles. The minimum atomic E-state index is -0.409. The maximum atomic E-state index is 13.4. The number of nitrogens with zero attached hydrogens (tertiary/aromatic N) is 5. The Kier molecular flexibility index (Phi) is 6.06. The van der Waals surface area contributed by atoms with Crippen LogP contribution >= 0.6 is 0 Å². The first-order valence-corrected chi connectivity index (χ1v) is 11.1. The van der Waals surface area contributed by atoms with Crippen LogP contribution in [0.5, 0.6) is 0 Å². The summed E-state index contributed by atoms with van der Waals surface area (Å²) in [6.07, 6.45) is 3.30. The Balaban J connectivity index is 1.66. The molecular weight excluding hydrogens is 380 g/mol. The van der Waals surface area contributed by atoms with E-state index in [4.69, 9.17) is 5.10 Å². The van der Waals surface area contributed by atoms with Gasteiger partial charge < -0.3 is 4.90 Å². The van der Waals surface area contributed by atoms with E-state index in [2.05, 4.69) is 41.2 Å². The fourth-order valence-electron chi connectivity index (χ4n) is 4.49. The van der Waals surface area contributed by atoms with E-state index in [1.807, 2.05) is 18.2 Å². The van der Waals surface area contributed by atoms with Gasteiger partial charge in [0.05, 0.1) is 5.71 Å². The Hall–Kier alpha value is -2.45. The summed E-state index contributed by atoms with van der Waals surface area (Å²) in [4.78, 5) is 31.6. The fraction of sp³-hybridized carbons (Fsp3) is 0.591. The second-order valence-electron chi connectivity index (χ2n) is 8.27. The number of rotatable bonds is 7. The zero-order valence-electron chi connectivity index (χ0n) is 18.1. The molecule has 3 atom stereocenters. The predicted octanol–water partition coefficient (Wildman–Crippen LogP) is 2.08. The van der Waals surface area contributed by atoms with E-state index >= 15 is 0 Å². The van der Waals surface area contributed by atoms with Crippen LogP contribution in [0.4, 0.5) is 4.79 Å². The van der Waals surface area contributed by atoms with Crippen molar-refractivity contribution in [2.75, 3.05) is 26.7 Å². The van der Waals surface area contributed by atoms with Crippen molar-refractivity contribution in [2.45, 2.75) is 58.0 Å². The van der Waals surface area contributed by atoms with Crippen molar-refractivity contribution in [3.63, 3.8) is 0 Å². The third-order valence-electron chi connectivity index (χ3n) is 6.21. The SMILES string of the molecule is CCCCN1C(=O)C2C(NC3N(CCCC)N=C(c4ccccc4)CN23)N(C)C1=O. The maximum absolute atomic E-state index is 13.4. The summed E-state index contributed by atoms with van der Waals surface area (Å²) in [6, 6.07) is 9.51. The molecule has 162 valence electrons. The zero-order chi connectivity index (χ0) is 21.3. The van der Waals surface area contributed by atoms with Gasteiger partial charge in [-0.15, -0.1) is 0 Å². The van der Waals surface area contributed by atoms with E-state index in [0.29, 0.717) is 13.1 Å². The minimum absolute atomic E-state index is 0.101. The van der Waals surface area contributed by atoms with Crippen molar-refractivity contribution in [3.8, 4) is 0 Å². The third kappa shape index (κ3) is 3.58. The molecule has 4 rings (SSSR count). The average molecular weight is 413 g/mol. The summed E-state index contributed by atoms with van der Waals surface area (Å²) in [6.45, 7) is 6.07. The van der Waals surface area contributed by atoms with Crippen molar-refractivity contribution in [1.82, 2.24) is 25.0 Å². The van der Waals surface area contributed by atoms with Crippen molar-refractivity contribution >= 4 is 17.6 Å². The van der Waals surface area contributed by atoms with E-state index in [0.717, 1.165) is 43.5 Å². The van der Waals surface area contributed by atoms with E-state index in [1.165, 1.54) is 4.90 Å². The molecule has 3 aliphatic rings. The van der Waals surface area contributed by atoms with Crippen LogP contribution in [0, 0.1) is 0 Å².